The molecular formula is C17H24N4O2. The van der Waals surface area contributed by atoms with E-state index < -0.39 is 0 Å². The zero-order chi connectivity index (χ0) is 16.2. The second kappa shape index (κ2) is 7.10. The van der Waals surface area contributed by atoms with Crippen LogP contribution in [0.4, 0.5) is 0 Å². The van der Waals surface area contributed by atoms with E-state index in [-0.39, 0.29) is 6.10 Å². The smallest absolute Gasteiger partial charge is 0.163 e. The summed E-state index contributed by atoms with van der Waals surface area (Å²) in [4.78, 5) is 2.36. The molecule has 0 radical (unpaired) electrons. The molecule has 6 heteroatoms. The second-order valence-electron chi connectivity index (χ2n) is 6.08. The largest absolute Gasteiger partial charge is 0.492 e. The molecule has 0 aliphatic carbocycles. The highest BCUT2D eigenvalue weighted by atomic mass is 16.5. The van der Waals surface area contributed by atoms with Crippen molar-refractivity contribution >= 4 is 0 Å². The molecule has 1 aromatic carbocycles. The van der Waals surface area contributed by atoms with Gasteiger partial charge in [-0.2, -0.15) is 0 Å². The van der Waals surface area contributed by atoms with Gasteiger partial charge in [0, 0.05) is 26.7 Å². The molecule has 23 heavy (non-hydrogen) atoms. The highest BCUT2D eigenvalue weighted by Gasteiger charge is 2.25. The van der Waals surface area contributed by atoms with Crippen LogP contribution in [0.25, 0.3) is 0 Å². The Hall–Kier alpha value is -1.92. The number of benzene rings is 1. The van der Waals surface area contributed by atoms with E-state index >= 15 is 0 Å². The van der Waals surface area contributed by atoms with Crippen LogP contribution in [0.15, 0.2) is 24.5 Å². The Morgan fingerprint density at radius 1 is 1.35 bits per heavy atom. The molecule has 1 saturated heterocycles. The third-order valence-electron chi connectivity index (χ3n) is 4.19. The van der Waals surface area contributed by atoms with E-state index in [0.29, 0.717) is 13.2 Å². The van der Waals surface area contributed by atoms with Crippen LogP contribution in [0, 0.1) is 13.8 Å². The van der Waals surface area contributed by atoms with Crippen molar-refractivity contribution < 1.29 is 9.47 Å². The maximum absolute atomic E-state index is 5.95. The molecule has 3 rings (SSSR count). The summed E-state index contributed by atoms with van der Waals surface area (Å²) < 4.78 is 13.7. The van der Waals surface area contributed by atoms with Crippen molar-refractivity contribution in [3.05, 3.63) is 41.5 Å². The number of hydrogen-bond donors (Lipinski definition) is 0. The van der Waals surface area contributed by atoms with Crippen LogP contribution in [-0.4, -0.2) is 52.5 Å². The third-order valence-corrected chi connectivity index (χ3v) is 4.19. The first kappa shape index (κ1) is 16.0. The van der Waals surface area contributed by atoms with Crippen LogP contribution in [0.3, 0.4) is 0 Å². The molecule has 0 bridgehead atoms. The molecule has 1 aromatic heterocycles. The first-order chi connectivity index (χ1) is 11.1. The van der Waals surface area contributed by atoms with Crippen molar-refractivity contribution in [2.24, 2.45) is 7.05 Å². The molecule has 2 heterocycles. The lowest BCUT2D eigenvalue weighted by atomic mass is 10.1. The van der Waals surface area contributed by atoms with Crippen LogP contribution < -0.4 is 4.74 Å². The molecule has 124 valence electrons. The minimum Gasteiger partial charge on any atom is -0.492 e. The zero-order valence-corrected chi connectivity index (χ0v) is 14.0. The van der Waals surface area contributed by atoms with E-state index in [2.05, 4.69) is 47.1 Å². The standard InChI is InChI=1S/C17H24N4O2/c1-13-4-5-14(2)15(10-13)22-8-6-21-7-9-23-16(11-21)17-19-18-12-20(17)3/h4-5,10,12,16H,6-9,11H2,1-3H3/t16-/m1/s1. The molecule has 0 spiro atoms. The second-order valence-corrected chi connectivity index (χ2v) is 6.08. The van der Waals surface area contributed by atoms with Crippen molar-refractivity contribution in [2.45, 2.75) is 20.0 Å². The molecule has 1 fully saturated rings. The van der Waals surface area contributed by atoms with Gasteiger partial charge in [0.25, 0.3) is 0 Å². The molecule has 0 N–H and O–H groups in total. The fraction of sp³-hybridized carbons (Fsp3) is 0.529. The number of ether oxygens (including phenoxy) is 2. The highest BCUT2D eigenvalue weighted by Crippen LogP contribution is 2.21. The first-order valence-electron chi connectivity index (χ1n) is 8.01. The number of rotatable bonds is 5. The van der Waals surface area contributed by atoms with Gasteiger partial charge in [-0.05, 0) is 31.0 Å². The fourth-order valence-electron chi connectivity index (χ4n) is 2.79. The van der Waals surface area contributed by atoms with Gasteiger partial charge in [-0.1, -0.05) is 12.1 Å². The summed E-state index contributed by atoms with van der Waals surface area (Å²) in [5.41, 5.74) is 2.40. The Labute approximate surface area is 137 Å². The van der Waals surface area contributed by atoms with Crippen molar-refractivity contribution in [1.82, 2.24) is 19.7 Å². The lowest BCUT2D eigenvalue weighted by Crippen LogP contribution is -2.41. The summed E-state index contributed by atoms with van der Waals surface area (Å²) in [6.45, 7) is 8.17. The number of hydrogen-bond acceptors (Lipinski definition) is 5. The average Bonchev–Trinajstić information content (AvgIpc) is 2.97. The van der Waals surface area contributed by atoms with Gasteiger partial charge in [0.15, 0.2) is 5.82 Å². The normalized spacial score (nSPS) is 19.0. The molecule has 0 saturated carbocycles. The molecule has 6 nitrogen and oxygen atoms in total. The highest BCUT2D eigenvalue weighted by molar-refractivity contribution is 5.35. The molecule has 1 aliphatic heterocycles. The van der Waals surface area contributed by atoms with Crippen molar-refractivity contribution in [2.75, 3.05) is 32.8 Å². The Balaban J connectivity index is 1.52. The van der Waals surface area contributed by atoms with E-state index in [0.717, 1.165) is 31.2 Å². The van der Waals surface area contributed by atoms with E-state index in [1.807, 2.05) is 11.6 Å². The summed E-state index contributed by atoms with van der Waals surface area (Å²) in [7, 11) is 1.95. The van der Waals surface area contributed by atoms with Gasteiger partial charge in [0.1, 0.15) is 24.8 Å². The summed E-state index contributed by atoms with van der Waals surface area (Å²) in [6, 6.07) is 6.30. The van der Waals surface area contributed by atoms with Crippen LogP contribution in [-0.2, 0) is 11.8 Å². The molecular weight excluding hydrogens is 292 g/mol. The SMILES string of the molecule is Cc1ccc(C)c(OCCN2CCO[C@@H](c3nncn3C)C2)c1. The minimum atomic E-state index is -0.0167. The van der Waals surface area contributed by atoms with Gasteiger partial charge >= 0.3 is 0 Å². The monoisotopic (exact) mass is 316 g/mol. The maximum atomic E-state index is 5.95. The summed E-state index contributed by atoms with van der Waals surface area (Å²) in [5, 5.41) is 8.08. The Morgan fingerprint density at radius 3 is 3.00 bits per heavy atom. The lowest BCUT2D eigenvalue weighted by Gasteiger charge is -2.32. The van der Waals surface area contributed by atoms with Crippen LogP contribution in [0.1, 0.15) is 23.1 Å². The van der Waals surface area contributed by atoms with Gasteiger partial charge in [-0.25, -0.2) is 0 Å². The predicted molar refractivity (Wildman–Crippen MR) is 87.5 cm³/mol. The zero-order valence-electron chi connectivity index (χ0n) is 14.0. The molecule has 1 atom stereocenters. The average molecular weight is 316 g/mol. The van der Waals surface area contributed by atoms with Gasteiger partial charge in [0.2, 0.25) is 0 Å². The van der Waals surface area contributed by atoms with Crippen LogP contribution in [0.2, 0.25) is 0 Å². The Bertz CT molecular complexity index is 656. The van der Waals surface area contributed by atoms with E-state index in [1.165, 1.54) is 11.1 Å². The van der Waals surface area contributed by atoms with Crippen molar-refractivity contribution in [3.63, 3.8) is 0 Å². The van der Waals surface area contributed by atoms with E-state index in [1.54, 1.807) is 6.33 Å². The Kier molecular flexibility index (Phi) is 4.93. The maximum Gasteiger partial charge on any atom is 0.163 e. The molecule has 0 amide bonds. The minimum absolute atomic E-state index is 0.0167. The number of morpholine rings is 1. The summed E-state index contributed by atoms with van der Waals surface area (Å²) >= 11 is 0. The van der Waals surface area contributed by atoms with Gasteiger partial charge in [0.05, 0.1) is 6.61 Å². The van der Waals surface area contributed by atoms with E-state index in [9.17, 15) is 0 Å². The van der Waals surface area contributed by atoms with E-state index in [4.69, 9.17) is 9.47 Å². The molecule has 2 aromatic rings. The number of nitrogens with zero attached hydrogens (tertiary/aromatic N) is 4. The molecule has 0 unspecified atom stereocenters. The quantitative estimate of drug-likeness (QED) is 0.843. The first-order valence-corrected chi connectivity index (χ1v) is 8.01. The lowest BCUT2D eigenvalue weighted by molar-refractivity contribution is -0.0384. The van der Waals surface area contributed by atoms with Crippen molar-refractivity contribution in [3.8, 4) is 5.75 Å². The predicted octanol–water partition coefficient (Wildman–Crippen LogP) is 1.88. The van der Waals surface area contributed by atoms with Gasteiger partial charge < -0.3 is 14.0 Å². The topological polar surface area (TPSA) is 52.4 Å². The third kappa shape index (κ3) is 3.89. The van der Waals surface area contributed by atoms with Gasteiger partial charge in [-0.3, -0.25) is 4.90 Å². The Morgan fingerprint density at radius 2 is 2.22 bits per heavy atom. The number of aryl methyl sites for hydroxylation is 3. The van der Waals surface area contributed by atoms with Crippen LogP contribution >= 0.6 is 0 Å². The van der Waals surface area contributed by atoms with Crippen LogP contribution in [0.5, 0.6) is 5.75 Å². The number of aromatic nitrogens is 3. The fourth-order valence-corrected chi connectivity index (χ4v) is 2.79. The molecule has 1 aliphatic rings. The summed E-state index contributed by atoms with van der Waals surface area (Å²) in [5.74, 6) is 1.85. The van der Waals surface area contributed by atoms with Crippen molar-refractivity contribution in [1.29, 1.82) is 0 Å². The van der Waals surface area contributed by atoms with Gasteiger partial charge in [-0.15, -0.1) is 10.2 Å². The summed E-state index contributed by atoms with van der Waals surface area (Å²) in [6.07, 6.45) is 1.69.